The zero-order chi connectivity index (χ0) is 18.3. The monoisotopic (exact) mass is 359 g/mol. The Hall–Kier alpha value is -2.44. The van der Waals surface area contributed by atoms with Gasteiger partial charge in [-0.15, -0.1) is 0 Å². The van der Waals surface area contributed by atoms with Crippen molar-refractivity contribution in [2.24, 2.45) is 11.3 Å². The molecule has 26 heavy (non-hydrogen) atoms. The molecule has 7 heteroatoms. The normalized spacial score (nSPS) is 22.2. The summed E-state index contributed by atoms with van der Waals surface area (Å²) >= 11 is 0. The summed E-state index contributed by atoms with van der Waals surface area (Å²) in [4.78, 5) is 30.0. The van der Waals surface area contributed by atoms with Crippen LogP contribution in [0.5, 0.6) is 0 Å². The number of nitrogens with zero attached hydrogens (tertiary/aromatic N) is 3. The van der Waals surface area contributed by atoms with E-state index in [2.05, 4.69) is 4.98 Å². The van der Waals surface area contributed by atoms with Gasteiger partial charge in [0.25, 0.3) is 5.56 Å². The van der Waals surface area contributed by atoms with Gasteiger partial charge < -0.3 is 10.0 Å². The highest BCUT2D eigenvalue weighted by atomic mass is 19.1. The summed E-state index contributed by atoms with van der Waals surface area (Å²) in [6, 6.07) is 4.05. The second-order valence-corrected chi connectivity index (χ2v) is 7.62. The number of carbonyl (C=O) groups is 1. The van der Waals surface area contributed by atoms with Crippen molar-refractivity contribution in [3.05, 3.63) is 40.7 Å². The van der Waals surface area contributed by atoms with Crippen molar-refractivity contribution in [3.8, 4) is 0 Å². The Kier molecular flexibility index (Phi) is 4.17. The minimum Gasteiger partial charge on any atom is -0.465 e. The zero-order valence-electron chi connectivity index (χ0n) is 14.5. The van der Waals surface area contributed by atoms with Crippen molar-refractivity contribution < 1.29 is 14.3 Å². The molecule has 1 aromatic heterocycles. The Morgan fingerprint density at radius 3 is 2.85 bits per heavy atom. The minimum absolute atomic E-state index is 0.0625. The van der Waals surface area contributed by atoms with Gasteiger partial charge >= 0.3 is 6.09 Å². The molecular formula is C19H22FN3O3. The van der Waals surface area contributed by atoms with Crippen LogP contribution in [-0.2, 0) is 6.54 Å². The Morgan fingerprint density at radius 2 is 2.12 bits per heavy atom. The molecule has 1 spiro atoms. The van der Waals surface area contributed by atoms with E-state index < -0.39 is 11.9 Å². The third kappa shape index (κ3) is 2.85. The first-order valence-electron chi connectivity index (χ1n) is 9.11. The maximum atomic E-state index is 13.5. The van der Waals surface area contributed by atoms with Gasteiger partial charge in [0.05, 0.1) is 17.2 Å². The van der Waals surface area contributed by atoms with Crippen LogP contribution in [0.3, 0.4) is 0 Å². The third-order valence-corrected chi connectivity index (χ3v) is 6.19. The van der Waals surface area contributed by atoms with Gasteiger partial charge in [0, 0.05) is 19.6 Å². The first kappa shape index (κ1) is 17.0. The standard InChI is InChI=1S/C19H22FN3O3/c20-14-3-4-16-15(9-14)17(24)23(12-21-16)10-13-5-8-22(18(25)26)11-19(13)6-1-2-7-19/h3-4,9,12-13H,1-2,5-8,10-11H2,(H,25,26). The van der Waals surface area contributed by atoms with E-state index in [4.69, 9.17) is 0 Å². The number of rotatable bonds is 2. The number of halogens is 1. The number of hydrogen-bond donors (Lipinski definition) is 1. The molecule has 0 radical (unpaired) electrons. The number of hydrogen-bond acceptors (Lipinski definition) is 3. The molecule has 1 unspecified atom stereocenters. The predicted octanol–water partition coefficient (Wildman–Crippen LogP) is 3.10. The average molecular weight is 359 g/mol. The average Bonchev–Trinajstić information content (AvgIpc) is 3.08. The van der Waals surface area contributed by atoms with Crippen LogP contribution in [0, 0.1) is 17.2 Å². The van der Waals surface area contributed by atoms with Crippen molar-refractivity contribution in [1.29, 1.82) is 0 Å². The summed E-state index contributed by atoms with van der Waals surface area (Å²) < 4.78 is 15.1. The lowest BCUT2D eigenvalue weighted by atomic mass is 9.69. The lowest BCUT2D eigenvalue weighted by Gasteiger charge is -2.45. The highest BCUT2D eigenvalue weighted by Gasteiger charge is 2.46. The fraction of sp³-hybridized carbons (Fsp3) is 0.526. The summed E-state index contributed by atoms with van der Waals surface area (Å²) in [7, 11) is 0. The molecule has 1 N–H and O–H groups in total. The molecule has 1 aliphatic heterocycles. The van der Waals surface area contributed by atoms with Crippen LogP contribution in [0.15, 0.2) is 29.3 Å². The molecule has 2 aliphatic rings. The fourth-order valence-corrected chi connectivity index (χ4v) is 4.80. The van der Waals surface area contributed by atoms with Gasteiger partial charge in [-0.2, -0.15) is 0 Å². The number of likely N-dealkylation sites (tertiary alicyclic amines) is 1. The van der Waals surface area contributed by atoms with Gasteiger partial charge in [0.1, 0.15) is 5.82 Å². The van der Waals surface area contributed by atoms with Gasteiger partial charge in [-0.05, 0) is 48.8 Å². The van der Waals surface area contributed by atoms with E-state index in [-0.39, 0.29) is 22.3 Å². The number of aromatic nitrogens is 2. The number of amides is 1. The molecule has 138 valence electrons. The summed E-state index contributed by atoms with van der Waals surface area (Å²) in [5.41, 5.74) is 0.194. The molecule has 1 saturated heterocycles. The molecule has 4 rings (SSSR count). The van der Waals surface area contributed by atoms with E-state index >= 15 is 0 Å². The largest absolute Gasteiger partial charge is 0.465 e. The van der Waals surface area contributed by atoms with Crippen LogP contribution in [0.25, 0.3) is 10.9 Å². The van der Waals surface area contributed by atoms with Crippen molar-refractivity contribution in [2.75, 3.05) is 13.1 Å². The van der Waals surface area contributed by atoms with Gasteiger partial charge in [-0.25, -0.2) is 14.2 Å². The Morgan fingerprint density at radius 1 is 1.35 bits per heavy atom. The Bertz CT molecular complexity index is 905. The lowest BCUT2D eigenvalue weighted by molar-refractivity contribution is 0.0252. The predicted molar refractivity (Wildman–Crippen MR) is 94.6 cm³/mol. The van der Waals surface area contributed by atoms with E-state index in [1.807, 2.05) is 0 Å². The number of benzene rings is 1. The van der Waals surface area contributed by atoms with Crippen molar-refractivity contribution in [3.63, 3.8) is 0 Å². The van der Waals surface area contributed by atoms with Crippen molar-refractivity contribution in [1.82, 2.24) is 14.5 Å². The second kappa shape index (κ2) is 6.37. The number of carboxylic acid groups (broad SMARTS) is 1. The number of fused-ring (bicyclic) bond motifs is 1. The lowest BCUT2D eigenvalue weighted by Crippen LogP contribution is -2.51. The van der Waals surface area contributed by atoms with E-state index in [1.165, 1.54) is 29.4 Å². The first-order valence-corrected chi connectivity index (χ1v) is 9.11. The van der Waals surface area contributed by atoms with E-state index in [0.29, 0.717) is 25.2 Å². The summed E-state index contributed by atoms with van der Waals surface area (Å²) in [5, 5.41) is 9.66. The smallest absolute Gasteiger partial charge is 0.407 e. The minimum atomic E-state index is -0.866. The highest BCUT2D eigenvalue weighted by molar-refractivity contribution is 5.77. The maximum absolute atomic E-state index is 13.5. The zero-order valence-corrected chi connectivity index (χ0v) is 14.5. The molecule has 2 aromatic rings. The molecule has 1 aliphatic carbocycles. The van der Waals surface area contributed by atoms with E-state index in [0.717, 1.165) is 32.1 Å². The Labute approximate surface area is 150 Å². The molecule has 1 aromatic carbocycles. The van der Waals surface area contributed by atoms with Gasteiger partial charge in [-0.3, -0.25) is 9.36 Å². The van der Waals surface area contributed by atoms with Crippen LogP contribution in [-0.4, -0.2) is 38.7 Å². The van der Waals surface area contributed by atoms with Crippen LogP contribution in [0.2, 0.25) is 0 Å². The molecule has 1 saturated carbocycles. The quantitative estimate of drug-likeness (QED) is 0.894. The van der Waals surface area contributed by atoms with Crippen LogP contribution in [0.1, 0.15) is 32.1 Å². The molecule has 2 fully saturated rings. The molecular weight excluding hydrogens is 337 g/mol. The first-order chi connectivity index (χ1) is 12.5. The Balaban J connectivity index is 1.66. The molecule has 1 amide bonds. The molecule has 0 bridgehead atoms. The SMILES string of the molecule is O=C(O)N1CCC(Cn2cnc3ccc(F)cc3c2=O)C2(CCCC2)C1. The van der Waals surface area contributed by atoms with Crippen LogP contribution >= 0.6 is 0 Å². The van der Waals surface area contributed by atoms with E-state index in [1.54, 1.807) is 4.57 Å². The fourth-order valence-electron chi connectivity index (χ4n) is 4.80. The third-order valence-electron chi connectivity index (χ3n) is 6.19. The topological polar surface area (TPSA) is 75.4 Å². The number of piperidine rings is 1. The van der Waals surface area contributed by atoms with Gasteiger partial charge in [-0.1, -0.05) is 12.8 Å². The van der Waals surface area contributed by atoms with Crippen LogP contribution in [0.4, 0.5) is 9.18 Å². The second-order valence-electron chi connectivity index (χ2n) is 7.62. The summed E-state index contributed by atoms with van der Waals surface area (Å²) in [6.07, 6.45) is 5.58. The van der Waals surface area contributed by atoms with Gasteiger partial charge in [0.15, 0.2) is 0 Å². The van der Waals surface area contributed by atoms with E-state index in [9.17, 15) is 19.1 Å². The van der Waals surface area contributed by atoms with Crippen molar-refractivity contribution >= 4 is 17.0 Å². The van der Waals surface area contributed by atoms with Gasteiger partial charge in [0.2, 0.25) is 0 Å². The summed E-state index contributed by atoms with van der Waals surface area (Å²) in [5.74, 6) is -0.220. The summed E-state index contributed by atoms with van der Waals surface area (Å²) in [6.45, 7) is 1.54. The van der Waals surface area contributed by atoms with Crippen molar-refractivity contribution in [2.45, 2.75) is 38.6 Å². The van der Waals surface area contributed by atoms with Crippen LogP contribution < -0.4 is 5.56 Å². The molecule has 6 nitrogen and oxygen atoms in total. The molecule has 2 heterocycles. The maximum Gasteiger partial charge on any atom is 0.407 e. The molecule has 1 atom stereocenters. The highest BCUT2D eigenvalue weighted by Crippen LogP contribution is 2.49.